The van der Waals surface area contributed by atoms with Gasteiger partial charge in [0.25, 0.3) is 0 Å². The third kappa shape index (κ3) is 16.1. The Kier molecular flexibility index (Phi) is 21.7. The molecule has 16 aromatic rings. The summed E-state index contributed by atoms with van der Waals surface area (Å²) < 4.78 is 62.5. The van der Waals surface area contributed by atoms with Gasteiger partial charge in [-0.2, -0.15) is 0 Å². The van der Waals surface area contributed by atoms with Crippen molar-refractivity contribution in [3.05, 3.63) is 222 Å². The second-order valence-electron chi connectivity index (χ2n) is 25.8. The van der Waals surface area contributed by atoms with Crippen molar-refractivity contribution in [1.29, 1.82) is 0 Å². The van der Waals surface area contributed by atoms with Crippen molar-refractivity contribution >= 4 is 34.7 Å². The van der Waals surface area contributed by atoms with Gasteiger partial charge in [0.2, 0.25) is 0 Å². The molecule has 3 aliphatic carbocycles. The molecule has 0 aliphatic heterocycles. The molecule has 0 unspecified atom stereocenters. The molecular weight excluding hydrogens is 1450 g/mol. The number of pyridine rings is 3. The number of nitrogens with zero attached hydrogens (tertiary/aromatic N) is 32. The van der Waals surface area contributed by atoms with E-state index in [0.29, 0.717) is 54.3 Å². The third-order valence-corrected chi connectivity index (χ3v) is 18.3. The Bertz CT molecular complexity index is 5960. The number of carbonyl (C=O) groups excluding carboxylic acids is 2. The number of carbonyl (C=O) groups is 3. The summed E-state index contributed by atoms with van der Waals surface area (Å²) in [7, 11) is 4.09. The molecule has 2 aromatic carbocycles. The molecule has 564 valence electrons. The maximum atomic E-state index is 15.1. The van der Waals surface area contributed by atoms with Crippen LogP contribution in [0.25, 0.3) is 45.4 Å². The standard InChI is InChI=1S/C26H23FN12O2.C17H16N8O2.C16H14N8O2.C9H10FN5O.Li.H2O/c1-41-24-7-5-21(39-15-30-33-35-39)19(25(24)27)4-6-23(40)20-12-38(34-32-20)11-18-10-36-9-17(16-2-3-16)8-22(26(36)31-18)37-13-28-29-14-37;1-27-17(26)14-8-25(22-21-14)7-13-6-23-5-12(11-2-3-11)4-15(16(23)20-13)24-9-18-19-10-24;25-16(26)13-7-24(21-20-13)6-12-5-22-4-11(10-1-2-10)3-14(15(22)19-12)23-8-17-18-9-23;1-16-8-3-2-7(6(4-11)9(8)10)15-5-12-13-14-15;;/h5,7-10,12-16H,2-4,6,11H2,1H3;4-6,8-11H,2-3,7H2,1H3;3-5,7-10H,1-2,6H2,(H,25,26);2-3,5H,4,11H2,1H3;;1H2/q;;;;+1;/p-1. The Hall–Kier alpha value is -13.9. The maximum absolute atomic E-state index is 15.1. The number of imidazole rings is 3. The first-order valence-corrected chi connectivity index (χ1v) is 34.3. The zero-order valence-corrected chi connectivity index (χ0v) is 60.1. The van der Waals surface area contributed by atoms with Gasteiger partial charge in [-0.15, -0.1) is 56.1 Å². The summed E-state index contributed by atoms with van der Waals surface area (Å²) in [4.78, 5) is 49.7. The normalized spacial score (nSPS) is 13.0. The Morgan fingerprint density at radius 1 is 0.473 bits per heavy atom. The molecule has 14 aromatic heterocycles. The number of benzene rings is 2. The second kappa shape index (κ2) is 32.5. The molecule has 3 fully saturated rings. The summed E-state index contributed by atoms with van der Waals surface area (Å²) in [5.41, 5.74) is 18.5. The number of esters is 1. The fourth-order valence-electron chi connectivity index (χ4n) is 12.5. The van der Waals surface area contributed by atoms with E-state index in [0.717, 1.165) is 51.1 Å². The topological polar surface area (TPSA) is 479 Å². The first-order chi connectivity index (χ1) is 53.7. The van der Waals surface area contributed by atoms with Crippen LogP contribution >= 0.6 is 0 Å². The van der Waals surface area contributed by atoms with Crippen molar-refractivity contribution in [2.24, 2.45) is 5.73 Å². The number of hydrogen-bond donors (Lipinski definition) is 2. The minimum absolute atomic E-state index is 0. The van der Waals surface area contributed by atoms with Gasteiger partial charge in [-0.25, -0.2) is 56.7 Å². The van der Waals surface area contributed by atoms with Gasteiger partial charge in [0.1, 0.15) is 56.3 Å². The van der Waals surface area contributed by atoms with E-state index in [1.54, 1.807) is 71.9 Å². The summed E-state index contributed by atoms with van der Waals surface area (Å²) in [5.74, 6) is -0.981. The van der Waals surface area contributed by atoms with E-state index < -0.39 is 23.6 Å². The third-order valence-electron chi connectivity index (χ3n) is 18.3. The van der Waals surface area contributed by atoms with Gasteiger partial charge in [-0.1, -0.05) is 15.6 Å². The first-order valence-electron chi connectivity index (χ1n) is 34.3. The van der Waals surface area contributed by atoms with Gasteiger partial charge in [-0.05, 0) is 143 Å². The summed E-state index contributed by atoms with van der Waals surface area (Å²) in [6, 6.07) is 12.7. The van der Waals surface area contributed by atoms with Gasteiger partial charge in [0.05, 0.1) is 105 Å². The van der Waals surface area contributed by atoms with Crippen molar-refractivity contribution < 1.29 is 66.8 Å². The molecule has 3 aliphatic rings. The number of Topliss-reactive ketones (excluding diaryl/α,β-unsaturated/α-hetero) is 1. The molecule has 41 nitrogen and oxygen atoms in total. The number of hydrogen-bond acceptors (Lipinski definition) is 29. The molecule has 4 N–H and O–H groups in total. The molecule has 19 rings (SSSR count). The van der Waals surface area contributed by atoms with Crippen LogP contribution in [-0.2, 0) is 37.3 Å². The predicted octanol–water partition coefficient (Wildman–Crippen LogP) is 1.82. The summed E-state index contributed by atoms with van der Waals surface area (Å²) in [5, 5.41) is 77.6. The number of carboxylic acid groups (broad SMARTS) is 1. The van der Waals surface area contributed by atoms with Gasteiger partial charge in [-0.3, -0.25) is 18.5 Å². The minimum Gasteiger partial charge on any atom is -0.870 e. The number of tetrazole rings is 2. The molecule has 44 heteroatoms. The zero-order chi connectivity index (χ0) is 75.5. The van der Waals surface area contributed by atoms with E-state index in [4.69, 9.17) is 30.3 Å². The van der Waals surface area contributed by atoms with E-state index >= 15 is 4.39 Å². The van der Waals surface area contributed by atoms with Crippen LogP contribution in [0.3, 0.4) is 0 Å². The van der Waals surface area contributed by atoms with Gasteiger partial charge >= 0.3 is 30.8 Å². The average Bonchev–Trinajstić information content (AvgIpc) is 1.62. The number of aromatic carboxylic acids is 1. The number of ketones is 1. The monoisotopic (exact) mass is 1520 g/mol. The SMILES string of the molecule is COC(=O)c1cn(Cc2cn3cc(C4CC4)cc(-n4cnnc4)c3n2)nn1.COc1ccc(-n2cnnn2)c(CCC(=O)c2cn(Cc3cn4cc(C5CC5)cc(-n5cnnc5)c4n3)nn2)c1F.COc1ccc(-n2cnnn2)c(CN)c1F.O=C(O)c1cn(Cc2cn3cc(C4CC4)cc(-n4cnnc4)c3n2)nn1.[Li+].[OH-]. The van der Waals surface area contributed by atoms with Crippen molar-refractivity contribution in [1.82, 2.24) is 158 Å². The van der Waals surface area contributed by atoms with Crippen LogP contribution in [0.2, 0.25) is 0 Å². The number of methoxy groups -OCH3 is 3. The van der Waals surface area contributed by atoms with Crippen LogP contribution in [0.1, 0.15) is 139 Å². The van der Waals surface area contributed by atoms with Gasteiger partial charge < -0.3 is 43.7 Å². The molecule has 112 heavy (non-hydrogen) atoms. The molecule has 0 spiro atoms. The fourth-order valence-corrected chi connectivity index (χ4v) is 12.5. The quantitative estimate of drug-likeness (QED) is 0.0524. The smallest absolute Gasteiger partial charge is 0.870 e. The minimum atomic E-state index is -1.10. The Balaban J connectivity index is 0.000000129. The number of ether oxygens (including phenoxy) is 3. The fraction of sp³-hybridized carbons (Fsp3) is 0.265. The Labute approximate surface area is 641 Å². The second-order valence-corrected chi connectivity index (χ2v) is 25.8. The van der Waals surface area contributed by atoms with Crippen LogP contribution in [-0.4, -0.2) is 207 Å². The van der Waals surface area contributed by atoms with Crippen molar-refractivity contribution in [2.75, 3.05) is 21.3 Å². The van der Waals surface area contributed by atoms with E-state index in [2.05, 4.69) is 139 Å². The first kappa shape index (κ1) is 74.9. The summed E-state index contributed by atoms with van der Waals surface area (Å²) >= 11 is 0. The molecule has 3 saturated carbocycles. The van der Waals surface area contributed by atoms with E-state index in [9.17, 15) is 18.8 Å². The van der Waals surface area contributed by atoms with Crippen molar-refractivity contribution in [3.8, 4) is 39.9 Å². The van der Waals surface area contributed by atoms with E-state index in [1.165, 1.54) is 122 Å². The zero-order valence-electron chi connectivity index (χ0n) is 60.1. The van der Waals surface area contributed by atoms with Crippen LogP contribution in [0, 0.1) is 11.6 Å². The Morgan fingerprint density at radius 3 is 1.21 bits per heavy atom. The number of fused-ring (bicyclic) bond motifs is 3. The molecule has 14 heterocycles. The maximum Gasteiger partial charge on any atom is 1.00 e. The van der Waals surface area contributed by atoms with E-state index in [-0.39, 0.29) is 83.7 Å². The number of halogens is 2. The predicted molar refractivity (Wildman–Crippen MR) is 376 cm³/mol. The van der Waals surface area contributed by atoms with Crippen LogP contribution in [0.4, 0.5) is 8.78 Å². The van der Waals surface area contributed by atoms with Crippen LogP contribution in [0.15, 0.2) is 149 Å². The van der Waals surface area contributed by atoms with Crippen molar-refractivity contribution in [3.63, 3.8) is 0 Å². The van der Waals surface area contributed by atoms with Crippen molar-refractivity contribution in [2.45, 2.75) is 95.3 Å². The molecule has 0 saturated heterocycles. The molecule has 0 bridgehead atoms. The van der Waals surface area contributed by atoms with Crippen LogP contribution in [0.5, 0.6) is 11.5 Å². The summed E-state index contributed by atoms with van der Waals surface area (Å²) in [6.45, 7) is 1.09. The average molecular weight is 1520 g/mol. The molecule has 0 atom stereocenters. The molecule has 0 radical (unpaired) electrons. The van der Waals surface area contributed by atoms with Gasteiger partial charge in [0.15, 0.2) is 57.2 Å². The van der Waals surface area contributed by atoms with Gasteiger partial charge in [0, 0.05) is 61.3 Å². The molecule has 0 amide bonds. The largest absolute Gasteiger partial charge is 1.00 e. The Morgan fingerprint density at radius 2 is 0.848 bits per heavy atom. The summed E-state index contributed by atoms with van der Waals surface area (Å²) in [6.07, 6.45) is 36.6. The van der Waals surface area contributed by atoms with E-state index in [1.807, 2.05) is 45.5 Å². The number of nitrogens with two attached hydrogens (primary N) is 1. The molecular formula is C68H64F2LiN33O8. The van der Waals surface area contributed by atoms with Crippen LogP contribution < -0.4 is 34.1 Å². The number of aromatic nitrogens is 32. The number of rotatable bonds is 23. The number of carboxylic acids is 1.